The van der Waals surface area contributed by atoms with E-state index < -0.39 is 23.8 Å². The third-order valence-electron chi connectivity index (χ3n) is 5.54. The summed E-state index contributed by atoms with van der Waals surface area (Å²) in [6, 6.07) is 5.60. The quantitative estimate of drug-likeness (QED) is 0.481. The number of carboxylic acid groups (broad SMARTS) is 1. The lowest BCUT2D eigenvalue weighted by Crippen LogP contribution is -2.39. The fourth-order valence-corrected chi connectivity index (χ4v) is 3.57. The molecule has 0 spiro atoms. The van der Waals surface area contributed by atoms with Crippen molar-refractivity contribution in [2.45, 2.75) is 44.0 Å². The second-order valence-electron chi connectivity index (χ2n) is 8.36. The zero-order valence-electron chi connectivity index (χ0n) is 18.8. The molecule has 2 N–H and O–H groups in total. The molecule has 5 rings (SSSR count). The van der Waals surface area contributed by atoms with Gasteiger partial charge in [0.05, 0.1) is 11.7 Å². The number of aliphatic carboxylic acids is 1. The molecule has 1 saturated heterocycles. The molecule has 0 bridgehead atoms. The summed E-state index contributed by atoms with van der Waals surface area (Å²) in [7, 11) is 0. The van der Waals surface area contributed by atoms with Crippen molar-refractivity contribution in [1.29, 1.82) is 0 Å². The van der Waals surface area contributed by atoms with Gasteiger partial charge in [-0.15, -0.1) is 0 Å². The molecule has 2 aliphatic rings. The van der Waals surface area contributed by atoms with Gasteiger partial charge in [0.2, 0.25) is 0 Å². The average Bonchev–Trinajstić information content (AvgIpc) is 3.65. The number of benzene rings is 1. The van der Waals surface area contributed by atoms with Crippen molar-refractivity contribution in [3.8, 4) is 5.75 Å². The number of aromatic nitrogens is 3. The van der Waals surface area contributed by atoms with E-state index in [1.54, 1.807) is 12.4 Å². The average molecular weight is 511 g/mol. The minimum atomic E-state index is -5.08. The number of rotatable bonds is 5. The minimum Gasteiger partial charge on any atom is -0.487 e. The Bertz CT molecular complexity index is 1230. The molecule has 2 aromatic heterocycles. The zero-order valence-corrected chi connectivity index (χ0v) is 18.8. The molecular formula is C23H22F5N5O3. The maximum absolute atomic E-state index is 13.9. The van der Waals surface area contributed by atoms with Crippen molar-refractivity contribution in [2.75, 3.05) is 23.3 Å². The monoisotopic (exact) mass is 511 g/mol. The Morgan fingerprint density at radius 2 is 1.75 bits per heavy atom. The highest BCUT2D eigenvalue weighted by Crippen LogP contribution is 2.32. The van der Waals surface area contributed by atoms with Crippen LogP contribution in [0.25, 0.3) is 11.0 Å². The second-order valence-corrected chi connectivity index (χ2v) is 8.36. The number of anilines is 2. The number of nitrogens with one attached hydrogen (secondary N) is 1. The van der Waals surface area contributed by atoms with Crippen LogP contribution in [0.3, 0.4) is 0 Å². The number of piperidine rings is 1. The van der Waals surface area contributed by atoms with E-state index >= 15 is 0 Å². The van der Waals surface area contributed by atoms with Crippen molar-refractivity contribution >= 4 is 28.6 Å². The summed E-state index contributed by atoms with van der Waals surface area (Å²) in [5.74, 6) is -2.23. The molecule has 13 heteroatoms. The Morgan fingerprint density at radius 1 is 1.06 bits per heavy atom. The topological polar surface area (TPSA) is 100 Å². The number of carboxylic acids is 1. The standard InChI is InChI=1S/C21H21F2N5O.C2HF3O2/c22-13-1-4-16(23)19(11-13)29-15-6-9-28(10-7-15)21-20(25-14-2-3-14)26-17-5-8-24-12-18(17)27-21;3-2(4,5)1(6)7/h1,4-5,8,11-12,14-15H,2-3,6-7,9-10H2,(H,25,26);(H,6,7). The summed E-state index contributed by atoms with van der Waals surface area (Å²) >= 11 is 0. The largest absolute Gasteiger partial charge is 0.490 e. The van der Waals surface area contributed by atoms with Gasteiger partial charge in [0.1, 0.15) is 17.4 Å². The molecule has 3 heterocycles. The first kappa shape index (κ1) is 25.3. The first-order valence-corrected chi connectivity index (χ1v) is 11.1. The number of hydrogen-bond donors (Lipinski definition) is 2. The molecule has 1 aromatic carbocycles. The smallest absolute Gasteiger partial charge is 0.487 e. The molecule has 192 valence electrons. The molecule has 8 nitrogen and oxygen atoms in total. The van der Waals surface area contributed by atoms with E-state index in [1.165, 1.54) is 0 Å². The number of ether oxygens (including phenoxy) is 1. The minimum absolute atomic E-state index is 0.0314. The molecule has 2 fully saturated rings. The highest BCUT2D eigenvalue weighted by atomic mass is 19.4. The van der Waals surface area contributed by atoms with Gasteiger partial charge in [-0.2, -0.15) is 13.2 Å². The second kappa shape index (κ2) is 10.5. The molecule has 1 saturated carbocycles. The van der Waals surface area contributed by atoms with Crippen LogP contribution in [0.15, 0.2) is 36.7 Å². The first-order valence-electron chi connectivity index (χ1n) is 11.1. The molecular weight excluding hydrogens is 489 g/mol. The SMILES string of the molecule is Fc1ccc(F)c(OC2CCN(c3nc4cnccc4nc3NC3CC3)CC2)c1.O=C(O)C(F)(F)F. The van der Waals surface area contributed by atoms with Gasteiger partial charge in [-0.25, -0.2) is 23.5 Å². The number of alkyl halides is 3. The van der Waals surface area contributed by atoms with Crippen LogP contribution in [0.1, 0.15) is 25.7 Å². The summed E-state index contributed by atoms with van der Waals surface area (Å²) in [5, 5.41) is 10.6. The lowest BCUT2D eigenvalue weighted by atomic mass is 10.1. The summed E-state index contributed by atoms with van der Waals surface area (Å²) in [6.45, 7) is 1.39. The Kier molecular flexibility index (Phi) is 7.36. The third kappa shape index (κ3) is 6.46. The number of hydrogen-bond acceptors (Lipinski definition) is 7. The van der Waals surface area contributed by atoms with Gasteiger partial charge in [0, 0.05) is 44.2 Å². The molecule has 0 amide bonds. The lowest BCUT2D eigenvalue weighted by molar-refractivity contribution is -0.192. The van der Waals surface area contributed by atoms with E-state index in [1.807, 2.05) is 6.07 Å². The van der Waals surface area contributed by atoms with Crippen molar-refractivity contribution < 1.29 is 36.6 Å². The van der Waals surface area contributed by atoms with E-state index in [9.17, 15) is 22.0 Å². The predicted molar refractivity (Wildman–Crippen MR) is 120 cm³/mol. The van der Waals surface area contributed by atoms with Crippen molar-refractivity contribution in [1.82, 2.24) is 15.0 Å². The van der Waals surface area contributed by atoms with Crippen LogP contribution in [0.5, 0.6) is 5.75 Å². The summed E-state index contributed by atoms with van der Waals surface area (Å²) < 4.78 is 64.7. The summed E-state index contributed by atoms with van der Waals surface area (Å²) in [4.78, 5) is 24.8. The predicted octanol–water partition coefficient (Wildman–Crippen LogP) is 4.56. The summed E-state index contributed by atoms with van der Waals surface area (Å²) in [5.41, 5.74) is 1.57. The van der Waals surface area contributed by atoms with Crippen LogP contribution in [0, 0.1) is 11.6 Å². The van der Waals surface area contributed by atoms with Crippen LogP contribution in [-0.2, 0) is 4.79 Å². The Labute approximate surface area is 202 Å². The van der Waals surface area contributed by atoms with E-state index in [0.29, 0.717) is 32.0 Å². The normalized spacial score (nSPS) is 16.3. The number of carbonyl (C=O) groups is 1. The molecule has 1 aliphatic heterocycles. The third-order valence-corrected chi connectivity index (χ3v) is 5.54. The van der Waals surface area contributed by atoms with Gasteiger partial charge in [-0.05, 0) is 31.0 Å². The van der Waals surface area contributed by atoms with Crippen molar-refractivity contribution in [3.63, 3.8) is 0 Å². The van der Waals surface area contributed by atoms with Gasteiger partial charge < -0.3 is 20.1 Å². The fraction of sp³-hybridized carbons (Fsp3) is 0.391. The molecule has 0 unspecified atom stereocenters. The van der Waals surface area contributed by atoms with E-state index in [4.69, 9.17) is 24.6 Å². The van der Waals surface area contributed by atoms with Gasteiger partial charge in [-0.1, -0.05) is 0 Å². The van der Waals surface area contributed by atoms with Crippen LogP contribution in [0.4, 0.5) is 33.6 Å². The van der Waals surface area contributed by atoms with Gasteiger partial charge in [0.25, 0.3) is 0 Å². The fourth-order valence-electron chi connectivity index (χ4n) is 3.57. The number of pyridine rings is 1. The summed E-state index contributed by atoms with van der Waals surface area (Å²) in [6.07, 6.45) is 1.84. The molecule has 3 aromatic rings. The number of fused-ring (bicyclic) bond motifs is 1. The Morgan fingerprint density at radius 3 is 2.39 bits per heavy atom. The molecule has 36 heavy (non-hydrogen) atoms. The number of nitrogens with zero attached hydrogens (tertiary/aromatic N) is 4. The molecule has 0 atom stereocenters. The van der Waals surface area contributed by atoms with Crippen LogP contribution < -0.4 is 15.0 Å². The van der Waals surface area contributed by atoms with Gasteiger partial charge in [0.15, 0.2) is 23.2 Å². The van der Waals surface area contributed by atoms with Gasteiger partial charge in [-0.3, -0.25) is 4.98 Å². The van der Waals surface area contributed by atoms with Gasteiger partial charge >= 0.3 is 12.1 Å². The molecule has 1 aliphatic carbocycles. The van der Waals surface area contributed by atoms with Crippen LogP contribution in [-0.4, -0.2) is 57.4 Å². The van der Waals surface area contributed by atoms with E-state index in [2.05, 4.69) is 15.2 Å². The first-order chi connectivity index (χ1) is 17.1. The molecule has 0 radical (unpaired) electrons. The lowest BCUT2D eigenvalue weighted by Gasteiger charge is -2.33. The highest BCUT2D eigenvalue weighted by molar-refractivity contribution is 5.80. The van der Waals surface area contributed by atoms with Crippen LogP contribution in [0.2, 0.25) is 0 Å². The van der Waals surface area contributed by atoms with E-state index in [0.717, 1.165) is 53.7 Å². The van der Waals surface area contributed by atoms with Crippen LogP contribution >= 0.6 is 0 Å². The zero-order chi connectivity index (χ0) is 25.9. The highest BCUT2D eigenvalue weighted by Gasteiger charge is 2.38. The van der Waals surface area contributed by atoms with Crippen molar-refractivity contribution in [2.24, 2.45) is 0 Å². The maximum Gasteiger partial charge on any atom is 0.490 e. The number of halogens is 5. The Hall–Kier alpha value is -3.77. The Balaban J connectivity index is 0.000000384. The maximum atomic E-state index is 13.9. The van der Waals surface area contributed by atoms with E-state index in [-0.39, 0.29) is 11.9 Å². The van der Waals surface area contributed by atoms with Crippen molar-refractivity contribution in [3.05, 3.63) is 48.3 Å².